The maximum atomic E-state index is 8.21. The zero-order chi connectivity index (χ0) is 8.27. The van der Waals surface area contributed by atoms with Crippen molar-refractivity contribution in [3.63, 3.8) is 0 Å². The highest BCUT2D eigenvalue weighted by Gasteiger charge is 1.94. The Morgan fingerprint density at radius 3 is 2.73 bits per heavy atom. The third-order valence-electron chi connectivity index (χ3n) is 1.09. The molecule has 0 aliphatic rings. The quantitative estimate of drug-likeness (QED) is 0.452. The summed E-state index contributed by atoms with van der Waals surface area (Å²) >= 11 is 8.97. The van der Waals surface area contributed by atoms with E-state index in [1.54, 1.807) is 18.2 Å². The number of hydrogen-bond donors (Lipinski definition) is 1. The van der Waals surface area contributed by atoms with Crippen molar-refractivity contribution in [2.75, 3.05) is 0 Å². The minimum atomic E-state index is 0.606. The van der Waals surface area contributed by atoms with Gasteiger partial charge in [-0.05, 0) is 23.8 Å². The molecule has 1 aromatic rings. The van der Waals surface area contributed by atoms with E-state index in [2.05, 4.69) is 21.1 Å². The smallest absolute Gasteiger partial charge is 0.0734 e. The van der Waals surface area contributed by atoms with Crippen molar-refractivity contribution in [1.29, 1.82) is 0 Å². The van der Waals surface area contributed by atoms with Crippen LogP contribution in [0.25, 0.3) is 0 Å². The Morgan fingerprint density at radius 2 is 2.18 bits per heavy atom. The number of oxime groups is 1. The summed E-state index contributed by atoms with van der Waals surface area (Å²) in [5.74, 6) is 0. The van der Waals surface area contributed by atoms with E-state index in [1.807, 2.05) is 0 Å². The van der Waals surface area contributed by atoms with Crippen molar-refractivity contribution in [2.24, 2.45) is 5.16 Å². The highest BCUT2D eigenvalue weighted by Crippen LogP contribution is 2.18. The van der Waals surface area contributed by atoms with E-state index in [1.165, 1.54) is 6.21 Å². The molecule has 0 saturated heterocycles. The Bertz CT molecular complexity index is 268. The second-order valence-corrected chi connectivity index (χ2v) is 3.30. The Morgan fingerprint density at radius 1 is 1.45 bits per heavy atom. The van der Waals surface area contributed by atoms with Crippen LogP contribution in [-0.4, -0.2) is 11.4 Å². The second kappa shape index (κ2) is 3.74. The van der Waals surface area contributed by atoms with Gasteiger partial charge < -0.3 is 5.21 Å². The third kappa shape index (κ3) is 2.52. The molecule has 0 unspecified atom stereocenters. The van der Waals surface area contributed by atoms with Gasteiger partial charge in [0.1, 0.15) is 0 Å². The summed E-state index contributed by atoms with van der Waals surface area (Å²) in [5.41, 5.74) is 0.756. The predicted octanol–water partition coefficient (Wildman–Crippen LogP) is 2.91. The van der Waals surface area contributed by atoms with Gasteiger partial charge >= 0.3 is 0 Å². The van der Waals surface area contributed by atoms with Crippen molar-refractivity contribution in [2.45, 2.75) is 0 Å². The molecule has 0 spiro atoms. The third-order valence-corrected chi connectivity index (χ3v) is 1.77. The van der Waals surface area contributed by atoms with Gasteiger partial charge in [0.15, 0.2) is 0 Å². The Hall–Kier alpha value is -0.540. The molecule has 0 radical (unpaired) electrons. The molecule has 0 heterocycles. The molecule has 0 saturated carbocycles. The Kier molecular flexibility index (Phi) is 2.91. The predicted molar refractivity (Wildman–Crippen MR) is 48.5 cm³/mol. The van der Waals surface area contributed by atoms with Crippen LogP contribution in [0.15, 0.2) is 27.8 Å². The molecule has 11 heavy (non-hydrogen) atoms. The summed E-state index contributed by atoms with van der Waals surface area (Å²) in [6.45, 7) is 0. The molecule has 0 bridgehead atoms. The lowest BCUT2D eigenvalue weighted by Crippen LogP contribution is -1.80. The van der Waals surface area contributed by atoms with Gasteiger partial charge in [0.2, 0.25) is 0 Å². The molecule has 2 nitrogen and oxygen atoms in total. The van der Waals surface area contributed by atoms with Crippen molar-refractivity contribution >= 4 is 33.7 Å². The van der Waals surface area contributed by atoms with Crippen molar-refractivity contribution in [1.82, 2.24) is 0 Å². The maximum absolute atomic E-state index is 8.21. The molecule has 0 aliphatic carbocycles. The lowest BCUT2D eigenvalue weighted by atomic mass is 10.2. The summed E-state index contributed by atoms with van der Waals surface area (Å²) < 4.78 is 0.861. The zero-order valence-electron chi connectivity index (χ0n) is 5.46. The van der Waals surface area contributed by atoms with Crippen molar-refractivity contribution < 1.29 is 5.21 Å². The standard InChI is InChI=1S/C7H5BrClNO/c8-6-1-5(4-10-11)2-7(9)3-6/h1-4,11H/b10-4+. The monoisotopic (exact) mass is 233 g/mol. The van der Waals surface area contributed by atoms with Gasteiger partial charge in [0.25, 0.3) is 0 Å². The summed E-state index contributed by atoms with van der Waals surface area (Å²) in [4.78, 5) is 0. The Labute approximate surface area is 77.6 Å². The molecule has 0 amide bonds. The van der Waals surface area contributed by atoms with Crippen LogP contribution in [0.2, 0.25) is 5.02 Å². The lowest BCUT2D eigenvalue weighted by molar-refractivity contribution is 0.322. The van der Waals surface area contributed by atoms with Crippen LogP contribution in [0.5, 0.6) is 0 Å². The van der Waals surface area contributed by atoms with E-state index in [0.29, 0.717) is 5.02 Å². The molecular formula is C7H5BrClNO. The van der Waals surface area contributed by atoms with Gasteiger partial charge in [-0.3, -0.25) is 0 Å². The van der Waals surface area contributed by atoms with Crippen LogP contribution in [0.1, 0.15) is 5.56 Å². The fourth-order valence-electron chi connectivity index (χ4n) is 0.716. The fourth-order valence-corrected chi connectivity index (χ4v) is 1.60. The van der Waals surface area contributed by atoms with Crippen LogP contribution in [0.3, 0.4) is 0 Å². The average molecular weight is 234 g/mol. The first-order valence-corrected chi connectivity index (χ1v) is 4.03. The highest BCUT2D eigenvalue weighted by atomic mass is 79.9. The molecule has 0 aromatic heterocycles. The minimum absolute atomic E-state index is 0.606. The van der Waals surface area contributed by atoms with Crippen LogP contribution in [-0.2, 0) is 0 Å². The van der Waals surface area contributed by atoms with Crippen molar-refractivity contribution in [3.8, 4) is 0 Å². The van der Waals surface area contributed by atoms with Crippen molar-refractivity contribution in [3.05, 3.63) is 33.3 Å². The van der Waals surface area contributed by atoms with E-state index in [4.69, 9.17) is 16.8 Å². The molecule has 1 aromatic carbocycles. The molecule has 4 heteroatoms. The van der Waals surface area contributed by atoms with Crippen LogP contribution in [0, 0.1) is 0 Å². The van der Waals surface area contributed by atoms with Gasteiger partial charge in [-0.1, -0.05) is 32.7 Å². The molecule has 0 fully saturated rings. The number of rotatable bonds is 1. The topological polar surface area (TPSA) is 32.6 Å². The van der Waals surface area contributed by atoms with Crippen LogP contribution in [0.4, 0.5) is 0 Å². The largest absolute Gasteiger partial charge is 0.411 e. The van der Waals surface area contributed by atoms with E-state index in [9.17, 15) is 0 Å². The first-order valence-electron chi connectivity index (χ1n) is 2.86. The number of benzene rings is 1. The average Bonchev–Trinajstić information content (AvgIpc) is 1.85. The molecular weight excluding hydrogens is 229 g/mol. The van der Waals surface area contributed by atoms with Gasteiger partial charge in [-0.15, -0.1) is 0 Å². The van der Waals surface area contributed by atoms with Gasteiger partial charge in [0.05, 0.1) is 6.21 Å². The Balaban J connectivity index is 3.08. The zero-order valence-corrected chi connectivity index (χ0v) is 7.80. The molecule has 1 N–H and O–H groups in total. The first kappa shape index (κ1) is 8.56. The number of hydrogen-bond acceptors (Lipinski definition) is 2. The highest BCUT2D eigenvalue weighted by molar-refractivity contribution is 9.10. The van der Waals surface area contributed by atoms with Gasteiger partial charge in [-0.25, -0.2) is 0 Å². The van der Waals surface area contributed by atoms with E-state index in [-0.39, 0.29) is 0 Å². The van der Waals surface area contributed by atoms with E-state index in [0.717, 1.165) is 10.0 Å². The number of nitrogens with zero attached hydrogens (tertiary/aromatic N) is 1. The first-order chi connectivity index (χ1) is 5.22. The molecule has 1 rings (SSSR count). The summed E-state index contributed by atoms with van der Waals surface area (Å²) in [6, 6.07) is 5.26. The minimum Gasteiger partial charge on any atom is -0.411 e. The maximum Gasteiger partial charge on any atom is 0.0734 e. The van der Waals surface area contributed by atoms with Crippen LogP contribution >= 0.6 is 27.5 Å². The summed E-state index contributed by atoms with van der Waals surface area (Å²) in [6.07, 6.45) is 1.32. The van der Waals surface area contributed by atoms with E-state index >= 15 is 0 Å². The summed E-state index contributed by atoms with van der Waals surface area (Å²) in [5, 5.41) is 11.7. The number of halogens is 2. The van der Waals surface area contributed by atoms with Gasteiger partial charge in [-0.2, -0.15) is 0 Å². The molecule has 0 atom stereocenters. The molecule has 58 valence electrons. The van der Waals surface area contributed by atoms with Gasteiger partial charge in [0, 0.05) is 9.50 Å². The fraction of sp³-hybridized carbons (Fsp3) is 0. The van der Waals surface area contributed by atoms with Crippen LogP contribution < -0.4 is 0 Å². The normalized spacial score (nSPS) is 10.7. The lowest BCUT2D eigenvalue weighted by Gasteiger charge is -1.94. The van der Waals surface area contributed by atoms with E-state index < -0.39 is 0 Å². The second-order valence-electron chi connectivity index (χ2n) is 1.95. The molecule has 0 aliphatic heterocycles. The summed E-state index contributed by atoms with van der Waals surface area (Å²) in [7, 11) is 0. The SMILES string of the molecule is O/N=C/c1cc(Cl)cc(Br)c1.